The highest BCUT2D eigenvalue weighted by Crippen LogP contribution is 2.24. The van der Waals surface area contributed by atoms with Crippen molar-refractivity contribution in [2.75, 3.05) is 34.3 Å². The molecular weight excluding hydrogens is 240 g/mol. The van der Waals surface area contributed by atoms with E-state index in [0.717, 1.165) is 18.7 Å². The number of ether oxygens (including phenoxy) is 1. The molecule has 0 radical (unpaired) electrons. The summed E-state index contributed by atoms with van der Waals surface area (Å²) in [5.41, 5.74) is 3.68. The Balaban J connectivity index is 2.68. The predicted molar refractivity (Wildman–Crippen MR) is 77.7 cm³/mol. The molecule has 1 rings (SSSR count). The summed E-state index contributed by atoms with van der Waals surface area (Å²) in [6.07, 6.45) is 0.864. The van der Waals surface area contributed by atoms with E-state index in [1.54, 1.807) is 19.1 Å². The van der Waals surface area contributed by atoms with Crippen molar-refractivity contribution in [1.82, 2.24) is 10.2 Å². The molecule has 0 aliphatic rings. The Hall–Kier alpha value is -1.55. The van der Waals surface area contributed by atoms with Crippen LogP contribution in [-0.4, -0.2) is 45.1 Å². The molecule has 4 nitrogen and oxygen atoms in total. The molecule has 0 unspecified atom stereocenters. The number of hydrogen-bond donors (Lipinski definition) is 1. The molecular formula is C15H24N2O2. The first-order valence-electron chi connectivity index (χ1n) is 6.52. The van der Waals surface area contributed by atoms with Gasteiger partial charge < -0.3 is 15.0 Å². The van der Waals surface area contributed by atoms with Crippen molar-refractivity contribution in [2.24, 2.45) is 0 Å². The largest absolute Gasteiger partial charge is 0.496 e. The number of nitrogens with zero attached hydrogens (tertiary/aromatic N) is 1. The first-order valence-corrected chi connectivity index (χ1v) is 6.52. The van der Waals surface area contributed by atoms with E-state index in [1.807, 2.05) is 13.1 Å². The molecule has 0 saturated heterocycles. The standard InChI is InChI=1S/C15H24N2O2/c1-11-12(2)14(19-5)7-6-13(11)8-9-17(4)15(18)10-16-3/h6-7,16H,8-10H2,1-5H3. The third-order valence-corrected chi connectivity index (χ3v) is 3.54. The second-order valence-corrected chi connectivity index (χ2v) is 4.77. The number of carbonyl (C=O) groups is 1. The van der Waals surface area contributed by atoms with Crippen molar-refractivity contribution in [3.63, 3.8) is 0 Å². The molecule has 0 heterocycles. The van der Waals surface area contributed by atoms with Crippen molar-refractivity contribution in [3.8, 4) is 5.75 Å². The zero-order chi connectivity index (χ0) is 14.4. The fraction of sp³-hybridized carbons (Fsp3) is 0.533. The van der Waals surface area contributed by atoms with Gasteiger partial charge in [-0.05, 0) is 50.1 Å². The zero-order valence-electron chi connectivity index (χ0n) is 12.5. The number of rotatable bonds is 6. The van der Waals surface area contributed by atoms with Gasteiger partial charge in [0.05, 0.1) is 13.7 Å². The molecule has 0 aliphatic heterocycles. The Morgan fingerprint density at radius 2 is 2.00 bits per heavy atom. The molecule has 0 atom stereocenters. The van der Waals surface area contributed by atoms with Crippen LogP contribution >= 0.6 is 0 Å². The van der Waals surface area contributed by atoms with Gasteiger partial charge in [0.2, 0.25) is 5.91 Å². The summed E-state index contributed by atoms with van der Waals surface area (Å²) < 4.78 is 5.30. The summed E-state index contributed by atoms with van der Waals surface area (Å²) in [6, 6.07) is 4.07. The van der Waals surface area contributed by atoms with Gasteiger partial charge in [-0.2, -0.15) is 0 Å². The smallest absolute Gasteiger partial charge is 0.236 e. The third-order valence-electron chi connectivity index (χ3n) is 3.54. The second-order valence-electron chi connectivity index (χ2n) is 4.77. The first kappa shape index (κ1) is 15.5. The lowest BCUT2D eigenvalue weighted by atomic mass is 10.00. The minimum Gasteiger partial charge on any atom is -0.496 e. The monoisotopic (exact) mass is 264 g/mol. The predicted octanol–water partition coefficient (Wildman–Crippen LogP) is 1.53. The molecule has 1 amide bonds. The molecule has 0 spiro atoms. The van der Waals surface area contributed by atoms with E-state index >= 15 is 0 Å². The first-order chi connectivity index (χ1) is 9.01. The second kappa shape index (κ2) is 7.14. The Labute approximate surface area is 115 Å². The molecule has 1 aromatic carbocycles. The Kier molecular flexibility index (Phi) is 5.83. The van der Waals surface area contributed by atoms with Gasteiger partial charge in [0.25, 0.3) is 0 Å². The molecule has 0 aliphatic carbocycles. The van der Waals surface area contributed by atoms with E-state index in [4.69, 9.17) is 4.74 Å². The zero-order valence-corrected chi connectivity index (χ0v) is 12.5. The van der Waals surface area contributed by atoms with Gasteiger partial charge in [-0.3, -0.25) is 4.79 Å². The van der Waals surface area contributed by atoms with Crippen LogP contribution < -0.4 is 10.1 Å². The summed E-state index contributed by atoms with van der Waals surface area (Å²) in [5, 5.41) is 2.87. The maximum atomic E-state index is 11.7. The summed E-state index contributed by atoms with van der Waals surface area (Å²) in [5.74, 6) is 1.03. The van der Waals surface area contributed by atoms with Crippen molar-refractivity contribution in [3.05, 3.63) is 28.8 Å². The summed E-state index contributed by atoms with van der Waals surface area (Å²) >= 11 is 0. The van der Waals surface area contributed by atoms with Crippen LogP contribution in [0.5, 0.6) is 5.75 Å². The number of carbonyl (C=O) groups excluding carboxylic acids is 1. The van der Waals surface area contributed by atoms with Crippen molar-refractivity contribution >= 4 is 5.91 Å². The van der Waals surface area contributed by atoms with E-state index in [1.165, 1.54) is 16.7 Å². The number of amides is 1. The summed E-state index contributed by atoms with van der Waals surface area (Å²) in [4.78, 5) is 13.4. The minimum atomic E-state index is 0.116. The molecule has 0 aromatic heterocycles. The van der Waals surface area contributed by atoms with E-state index in [2.05, 4.69) is 25.2 Å². The highest BCUT2D eigenvalue weighted by molar-refractivity contribution is 5.77. The van der Waals surface area contributed by atoms with Crippen LogP contribution in [0.1, 0.15) is 16.7 Å². The van der Waals surface area contributed by atoms with Gasteiger partial charge in [-0.1, -0.05) is 6.07 Å². The maximum absolute atomic E-state index is 11.7. The van der Waals surface area contributed by atoms with Gasteiger partial charge >= 0.3 is 0 Å². The van der Waals surface area contributed by atoms with Crippen LogP contribution in [-0.2, 0) is 11.2 Å². The Morgan fingerprint density at radius 3 is 2.58 bits per heavy atom. The number of likely N-dealkylation sites (N-methyl/N-ethyl adjacent to an activating group) is 2. The fourth-order valence-electron chi connectivity index (χ4n) is 2.04. The highest BCUT2D eigenvalue weighted by Gasteiger charge is 2.10. The van der Waals surface area contributed by atoms with Crippen LogP contribution in [0, 0.1) is 13.8 Å². The molecule has 1 N–H and O–H groups in total. The van der Waals surface area contributed by atoms with E-state index in [0.29, 0.717) is 6.54 Å². The molecule has 1 aromatic rings. The Bertz CT molecular complexity index is 444. The van der Waals surface area contributed by atoms with E-state index in [-0.39, 0.29) is 5.91 Å². The number of methoxy groups -OCH3 is 1. The number of nitrogens with one attached hydrogen (secondary N) is 1. The number of benzene rings is 1. The number of hydrogen-bond acceptors (Lipinski definition) is 3. The normalized spacial score (nSPS) is 10.4. The summed E-state index contributed by atoms with van der Waals surface area (Å²) in [6.45, 7) is 5.28. The molecule has 4 heteroatoms. The van der Waals surface area contributed by atoms with Crippen molar-refractivity contribution < 1.29 is 9.53 Å². The van der Waals surface area contributed by atoms with Gasteiger partial charge in [0, 0.05) is 13.6 Å². The van der Waals surface area contributed by atoms with E-state index in [9.17, 15) is 4.79 Å². The van der Waals surface area contributed by atoms with Crippen LogP contribution in [0.25, 0.3) is 0 Å². The molecule has 0 fully saturated rings. The third kappa shape index (κ3) is 3.96. The van der Waals surface area contributed by atoms with Crippen molar-refractivity contribution in [2.45, 2.75) is 20.3 Å². The lowest BCUT2D eigenvalue weighted by Crippen LogP contribution is -2.35. The average molecular weight is 264 g/mol. The fourth-order valence-corrected chi connectivity index (χ4v) is 2.04. The average Bonchev–Trinajstić information content (AvgIpc) is 2.40. The molecule has 19 heavy (non-hydrogen) atoms. The van der Waals surface area contributed by atoms with Crippen molar-refractivity contribution in [1.29, 1.82) is 0 Å². The topological polar surface area (TPSA) is 41.6 Å². The summed E-state index contributed by atoms with van der Waals surface area (Å²) in [7, 11) is 5.31. The molecule has 0 saturated carbocycles. The molecule has 0 bridgehead atoms. The highest BCUT2D eigenvalue weighted by atomic mass is 16.5. The van der Waals surface area contributed by atoms with Crippen LogP contribution in [0.2, 0.25) is 0 Å². The van der Waals surface area contributed by atoms with Gasteiger partial charge in [-0.15, -0.1) is 0 Å². The van der Waals surface area contributed by atoms with Crippen LogP contribution in [0.15, 0.2) is 12.1 Å². The van der Waals surface area contributed by atoms with Gasteiger partial charge in [0.1, 0.15) is 5.75 Å². The van der Waals surface area contributed by atoms with Crippen LogP contribution in [0.4, 0.5) is 0 Å². The minimum absolute atomic E-state index is 0.116. The Morgan fingerprint density at radius 1 is 1.32 bits per heavy atom. The lowest BCUT2D eigenvalue weighted by molar-refractivity contribution is -0.128. The molecule has 106 valence electrons. The maximum Gasteiger partial charge on any atom is 0.236 e. The quantitative estimate of drug-likeness (QED) is 0.847. The van der Waals surface area contributed by atoms with E-state index < -0.39 is 0 Å². The van der Waals surface area contributed by atoms with Crippen LogP contribution in [0.3, 0.4) is 0 Å². The SMILES string of the molecule is CNCC(=O)N(C)CCc1ccc(OC)c(C)c1C. The van der Waals surface area contributed by atoms with Gasteiger partial charge in [-0.25, -0.2) is 0 Å². The van der Waals surface area contributed by atoms with Gasteiger partial charge in [0.15, 0.2) is 0 Å². The lowest BCUT2D eigenvalue weighted by Gasteiger charge is -2.18.